The Morgan fingerprint density at radius 2 is 2.36 bits per heavy atom. The average molecular weight is 176 g/mol. The van der Waals surface area contributed by atoms with E-state index in [1.165, 1.54) is 12.2 Å². The first-order valence-corrected chi connectivity index (χ1v) is 3.25. The Bertz CT molecular complexity index is 246. The van der Waals surface area contributed by atoms with Crippen LogP contribution < -0.4 is 5.32 Å². The predicted octanol–water partition coefficient (Wildman–Crippen LogP) is -0.000800. The number of aliphatic hydroxyl groups is 1. The molecule has 1 rings (SSSR count). The smallest absolute Gasteiger partial charge is 0.338 e. The van der Waals surface area contributed by atoms with Crippen LogP contribution in [0.25, 0.3) is 0 Å². The monoisotopic (exact) mass is 175 g/mol. The summed E-state index contributed by atoms with van der Waals surface area (Å²) in [6.45, 7) is 0. The third-order valence-corrected chi connectivity index (χ3v) is 1.50. The van der Waals surface area contributed by atoms with Gasteiger partial charge in [0.25, 0.3) is 0 Å². The van der Waals surface area contributed by atoms with E-state index in [9.17, 15) is 4.79 Å². The van der Waals surface area contributed by atoms with Crippen LogP contribution in [-0.2, 0) is 4.79 Å². The Morgan fingerprint density at radius 3 is 2.82 bits per heavy atom. The number of carboxylic acid groups (broad SMARTS) is 1. The van der Waals surface area contributed by atoms with Crippen LogP contribution >= 0.6 is 11.6 Å². The van der Waals surface area contributed by atoms with Crippen LogP contribution in [0.4, 0.5) is 0 Å². The summed E-state index contributed by atoms with van der Waals surface area (Å²) in [5.74, 6) is -1.12. The molecule has 0 aromatic carbocycles. The summed E-state index contributed by atoms with van der Waals surface area (Å²) in [4.78, 5) is 10.4. The highest BCUT2D eigenvalue weighted by atomic mass is 35.5. The second-order valence-electron chi connectivity index (χ2n) is 1.98. The lowest BCUT2D eigenvalue weighted by atomic mass is 10.2. The molecule has 1 atom stereocenters. The van der Waals surface area contributed by atoms with Gasteiger partial charge in [-0.25, -0.2) is 4.79 Å². The predicted molar refractivity (Wildman–Crippen MR) is 38.8 cm³/mol. The van der Waals surface area contributed by atoms with Crippen molar-refractivity contribution in [1.29, 1.82) is 0 Å². The summed E-state index contributed by atoms with van der Waals surface area (Å²) in [6.07, 6.45) is 1.66. The van der Waals surface area contributed by atoms with E-state index in [0.29, 0.717) is 0 Å². The standard InChI is InChI=1S/C6H6ClNO3/c7-5-3(6(10)11)1-2-4(9)8-5/h1-2,4,8-9H,(H,10,11). The molecular formula is C6H6ClNO3. The Kier molecular flexibility index (Phi) is 2.16. The van der Waals surface area contributed by atoms with Crippen molar-refractivity contribution < 1.29 is 15.0 Å². The average Bonchev–Trinajstić information content (AvgIpc) is 1.85. The summed E-state index contributed by atoms with van der Waals surface area (Å²) in [6, 6.07) is 0. The van der Waals surface area contributed by atoms with E-state index < -0.39 is 12.2 Å². The van der Waals surface area contributed by atoms with Crippen molar-refractivity contribution in [2.24, 2.45) is 0 Å². The van der Waals surface area contributed by atoms with Crippen LogP contribution in [0.3, 0.4) is 0 Å². The molecular weight excluding hydrogens is 170 g/mol. The SMILES string of the molecule is O=C(O)C1=C(Cl)NC(O)C=C1. The number of halogens is 1. The number of carbonyl (C=O) groups is 1. The van der Waals surface area contributed by atoms with Crippen LogP contribution in [0, 0.1) is 0 Å². The lowest BCUT2D eigenvalue weighted by Crippen LogP contribution is -2.28. The Hall–Kier alpha value is -1.00. The van der Waals surface area contributed by atoms with Gasteiger partial charge in [0.2, 0.25) is 0 Å². The topological polar surface area (TPSA) is 69.6 Å². The summed E-state index contributed by atoms with van der Waals surface area (Å²) in [5.41, 5.74) is -0.0445. The van der Waals surface area contributed by atoms with Gasteiger partial charge in [0, 0.05) is 0 Å². The van der Waals surface area contributed by atoms with Gasteiger partial charge in [-0.15, -0.1) is 0 Å². The van der Waals surface area contributed by atoms with E-state index in [1.54, 1.807) is 0 Å². The fraction of sp³-hybridized carbons (Fsp3) is 0.167. The van der Waals surface area contributed by atoms with Gasteiger partial charge in [-0.3, -0.25) is 0 Å². The molecule has 0 saturated heterocycles. The van der Waals surface area contributed by atoms with E-state index in [0.717, 1.165) is 0 Å². The van der Waals surface area contributed by atoms with Crippen LogP contribution in [-0.4, -0.2) is 22.4 Å². The number of aliphatic hydroxyl groups excluding tert-OH is 1. The molecule has 0 radical (unpaired) electrons. The molecule has 0 aromatic rings. The van der Waals surface area contributed by atoms with E-state index in [4.69, 9.17) is 21.8 Å². The van der Waals surface area contributed by atoms with Crippen LogP contribution in [0.1, 0.15) is 0 Å². The fourth-order valence-corrected chi connectivity index (χ4v) is 0.937. The number of dihydropyridines is 1. The van der Waals surface area contributed by atoms with Gasteiger partial charge in [-0.2, -0.15) is 0 Å². The molecule has 0 bridgehead atoms. The van der Waals surface area contributed by atoms with Crippen LogP contribution in [0.2, 0.25) is 0 Å². The summed E-state index contributed by atoms with van der Waals surface area (Å²) < 4.78 is 0. The van der Waals surface area contributed by atoms with Crippen molar-refractivity contribution in [3.8, 4) is 0 Å². The van der Waals surface area contributed by atoms with Crippen molar-refractivity contribution in [2.45, 2.75) is 6.23 Å². The summed E-state index contributed by atoms with van der Waals surface area (Å²) in [7, 11) is 0. The first-order valence-electron chi connectivity index (χ1n) is 2.87. The zero-order valence-corrected chi connectivity index (χ0v) is 6.17. The molecule has 1 heterocycles. The van der Waals surface area contributed by atoms with E-state index >= 15 is 0 Å². The molecule has 3 N–H and O–H groups in total. The third kappa shape index (κ3) is 1.72. The molecule has 0 aromatic heterocycles. The second kappa shape index (κ2) is 2.94. The summed E-state index contributed by atoms with van der Waals surface area (Å²) in [5, 5.41) is 19.6. The number of hydrogen-bond donors (Lipinski definition) is 3. The van der Waals surface area contributed by atoms with Crippen molar-refractivity contribution in [3.05, 3.63) is 22.9 Å². The van der Waals surface area contributed by atoms with Gasteiger partial charge < -0.3 is 15.5 Å². The van der Waals surface area contributed by atoms with Gasteiger partial charge in [0.05, 0.1) is 5.57 Å². The Labute approximate surface area is 67.8 Å². The maximum Gasteiger partial charge on any atom is 0.338 e. The number of rotatable bonds is 1. The fourth-order valence-electron chi connectivity index (χ4n) is 0.681. The number of nitrogens with one attached hydrogen (secondary N) is 1. The first kappa shape index (κ1) is 8.10. The molecule has 0 saturated carbocycles. The van der Waals surface area contributed by atoms with Gasteiger partial charge in [0.1, 0.15) is 11.4 Å². The zero-order chi connectivity index (χ0) is 8.43. The maximum atomic E-state index is 10.4. The minimum atomic E-state index is -1.12. The van der Waals surface area contributed by atoms with Crippen molar-refractivity contribution in [3.63, 3.8) is 0 Å². The van der Waals surface area contributed by atoms with Crippen molar-refractivity contribution in [2.75, 3.05) is 0 Å². The Balaban J connectivity index is 2.88. The highest BCUT2D eigenvalue weighted by Crippen LogP contribution is 2.13. The highest BCUT2D eigenvalue weighted by Gasteiger charge is 2.15. The van der Waals surface area contributed by atoms with E-state index in [-0.39, 0.29) is 10.7 Å². The van der Waals surface area contributed by atoms with Gasteiger partial charge in [-0.1, -0.05) is 11.6 Å². The minimum absolute atomic E-state index is 0.0445. The third-order valence-electron chi connectivity index (χ3n) is 1.19. The molecule has 11 heavy (non-hydrogen) atoms. The Morgan fingerprint density at radius 1 is 1.73 bits per heavy atom. The molecule has 0 spiro atoms. The quantitative estimate of drug-likeness (QED) is 0.491. The minimum Gasteiger partial charge on any atom is -0.478 e. The van der Waals surface area contributed by atoms with Gasteiger partial charge in [-0.05, 0) is 12.2 Å². The molecule has 4 nitrogen and oxygen atoms in total. The second-order valence-corrected chi connectivity index (χ2v) is 2.36. The largest absolute Gasteiger partial charge is 0.478 e. The molecule has 0 aliphatic carbocycles. The summed E-state index contributed by atoms with van der Waals surface area (Å²) >= 11 is 5.45. The zero-order valence-electron chi connectivity index (χ0n) is 5.41. The normalized spacial score (nSPS) is 23.3. The number of aliphatic carboxylic acids is 1. The van der Waals surface area contributed by atoms with E-state index in [1.807, 2.05) is 0 Å². The lowest BCUT2D eigenvalue weighted by Gasteiger charge is -2.14. The van der Waals surface area contributed by atoms with Crippen LogP contribution in [0.5, 0.6) is 0 Å². The number of carboxylic acids is 1. The number of hydrogen-bond acceptors (Lipinski definition) is 3. The maximum absolute atomic E-state index is 10.4. The molecule has 1 unspecified atom stereocenters. The van der Waals surface area contributed by atoms with Crippen molar-refractivity contribution >= 4 is 17.6 Å². The molecule has 1 aliphatic heterocycles. The first-order chi connectivity index (χ1) is 5.11. The molecule has 1 aliphatic rings. The van der Waals surface area contributed by atoms with Gasteiger partial charge >= 0.3 is 5.97 Å². The lowest BCUT2D eigenvalue weighted by molar-refractivity contribution is -0.132. The molecule has 0 fully saturated rings. The van der Waals surface area contributed by atoms with Gasteiger partial charge in [0.15, 0.2) is 0 Å². The van der Waals surface area contributed by atoms with Crippen molar-refractivity contribution in [1.82, 2.24) is 5.32 Å². The molecule has 60 valence electrons. The van der Waals surface area contributed by atoms with Crippen LogP contribution in [0.15, 0.2) is 22.9 Å². The highest BCUT2D eigenvalue weighted by molar-refractivity contribution is 6.31. The molecule has 0 amide bonds. The van der Waals surface area contributed by atoms with E-state index in [2.05, 4.69) is 5.32 Å². The molecule has 5 heteroatoms.